The van der Waals surface area contributed by atoms with Gasteiger partial charge in [-0.3, -0.25) is 4.79 Å². The summed E-state index contributed by atoms with van der Waals surface area (Å²) >= 11 is 1.56. The zero-order chi connectivity index (χ0) is 23.3. The minimum absolute atomic E-state index is 0.00923. The standard InChI is InChI=1S/C20H22F3N7O2S/c1-3-4-13-7-14-16(28-5-6-30-15(10-28)26-27-18(30)20(21,22)23)24-19(25-17(14)33-13)32-12-8-29(9-12)11(2)31/h7,12H,3-6,8-10H2,1-2H3. The first-order valence-electron chi connectivity index (χ1n) is 10.7. The number of carbonyl (C=O) groups is 1. The molecule has 0 unspecified atom stereocenters. The number of rotatable bonds is 5. The highest BCUT2D eigenvalue weighted by molar-refractivity contribution is 7.18. The molecule has 1 saturated heterocycles. The number of carbonyl (C=O) groups excluding carboxylic acids is 1. The van der Waals surface area contributed by atoms with Crippen molar-refractivity contribution in [1.82, 2.24) is 29.6 Å². The molecular weight excluding hydrogens is 459 g/mol. The molecule has 0 atom stereocenters. The Labute approximate surface area is 191 Å². The number of fused-ring (bicyclic) bond motifs is 2. The molecule has 3 aromatic heterocycles. The molecule has 0 bridgehead atoms. The van der Waals surface area contributed by atoms with E-state index >= 15 is 0 Å². The van der Waals surface area contributed by atoms with Crippen LogP contribution in [0.25, 0.3) is 10.2 Å². The maximum absolute atomic E-state index is 13.2. The molecule has 9 nitrogen and oxygen atoms in total. The molecule has 2 aliphatic heterocycles. The second-order valence-corrected chi connectivity index (χ2v) is 9.30. The zero-order valence-corrected chi connectivity index (χ0v) is 18.9. The molecular formula is C20H22F3N7O2S. The number of anilines is 1. The summed E-state index contributed by atoms with van der Waals surface area (Å²) in [6, 6.07) is 2.25. The van der Waals surface area contributed by atoms with Crippen LogP contribution >= 0.6 is 11.3 Å². The number of amides is 1. The summed E-state index contributed by atoms with van der Waals surface area (Å²) in [6.45, 7) is 5.13. The number of hydrogen-bond acceptors (Lipinski definition) is 8. The highest BCUT2D eigenvalue weighted by atomic mass is 32.1. The predicted molar refractivity (Wildman–Crippen MR) is 114 cm³/mol. The number of alkyl halides is 3. The van der Waals surface area contributed by atoms with Crippen LogP contribution in [0.4, 0.5) is 19.0 Å². The van der Waals surface area contributed by atoms with E-state index in [1.807, 2.05) is 11.0 Å². The van der Waals surface area contributed by atoms with Crippen molar-refractivity contribution in [2.45, 2.75) is 52.1 Å². The Hall–Kier alpha value is -2.96. The van der Waals surface area contributed by atoms with E-state index < -0.39 is 12.0 Å². The number of thiophene rings is 1. The first kappa shape index (κ1) is 21.9. The lowest BCUT2D eigenvalue weighted by Crippen LogP contribution is -2.55. The minimum atomic E-state index is -4.55. The normalized spacial score (nSPS) is 16.8. The molecule has 1 amide bonds. The number of aromatic nitrogens is 5. The van der Waals surface area contributed by atoms with Gasteiger partial charge in [-0.1, -0.05) is 13.3 Å². The summed E-state index contributed by atoms with van der Waals surface area (Å²) in [5.74, 6) is -0.137. The molecule has 33 heavy (non-hydrogen) atoms. The second kappa shape index (κ2) is 8.12. The van der Waals surface area contributed by atoms with E-state index in [0.29, 0.717) is 25.5 Å². The number of ether oxygens (including phenoxy) is 1. The number of hydrogen-bond donors (Lipinski definition) is 0. The summed E-state index contributed by atoms with van der Waals surface area (Å²) in [5, 5.41) is 7.98. The van der Waals surface area contributed by atoms with Crippen LogP contribution in [0.15, 0.2) is 6.07 Å². The lowest BCUT2D eigenvalue weighted by atomic mass is 10.2. The van der Waals surface area contributed by atoms with E-state index in [1.54, 1.807) is 16.2 Å². The van der Waals surface area contributed by atoms with Gasteiger partial charge >= 0.3 is 12.2 Å². The summed E-state index contributed by atoms with van der Waals surface area (Å²) in [7, 11) is 0. The van der Waals surface area contributed by atoms with Crippen LogP contribution < -0.4 is 9.64 Å². The van der Waals surface area contributed by atoms with Gasteiger partial charge in [-0.25, -0.2) is 0 Å². The van der Waals surface area contributed by atoms with Gasteiger partial charge in [0.15, 0.2) is 5.82 Å². The first-order valence-corrected chi connectivity index (χ1v) is 11.5. The third kappa shape index (κ3) is 4.09. The molecule has 2 aliphatic rings. The average Bonchev–Trinajstić information content (AvgIpc) is 3.32. The fraction of sp³-hybridized carbons (Fsp3) is 0.550. The lowest BCUT2D eigenvalue weighted by Gasteiger charge is -2.37. The summed E-state index contributed by atoms with van der Waals surface area (Å²) in [4.78, 5) is 26.1. The Morgan fingerprint density at radius 3 is 2.73 bits per heavy atom. The second-order valence-electron chi connectivity index (χ2n) is 8.19. The van der Waals surface area contributed by atoms with Crippen molar-refractivity contribution in [3.8, 4) is 6.01 Å². The zero-order valence-electron chi connectivity index (χ0n) is 18.1. The largest absolute Gasteiger partial charge is 0.456 e. The van der Waals surface area contributed by atoms with Crippen molar-refractivity contribution >= 4 is 33.3 Å². The van der Waals surface area contributed by atoms with Crippen LogP contribution in [0.5, 0.6) is 6.01 Å². The molecule has 176 valence electrons. The van der Waals surface area contributed by atoms with Gasteiger partial charge < -0.3 is 19.1 Å². The molecule has 1 fully saturated rings. The van der Waals surface area contributed by atoms with E-state index in [4.69, 9.17) is 4.74 Å². The predicted octanol–water partition coefficient (Wildman–Crippen LogP) is 2.88. The van der Waals surface area contributed by atoms with Crippen LogP contribution in [0.1, 0.15) is 36.8 Å². The van der Waals surface area contributed by atoms with Crippen LogP contribution in [-0.4, -0.2) is 61.3 Å². The van der Waals surface area contributed by atoms with Gasteiger partial charge in [-0.15, -0.1) is 21.5 Å². The highest BCUT2D eigenvalue weighted by Gasteiger charge is 2.40. The third-order valence-electron chi connectivity index (χ3n) is 5.77. The Balaban J connectivity index is 1.46. The van der Waals surface area contributed by atoms with Crippen LogP contribution in [0.3, 0.4) is 0 Å². The average molecular weight is 482 g/mol. The monoisotopic (exact) mass is 481 g/mol. The van der Waals surface area contributed by atoms with Crippen molar-refractivity contribution in [3.05, 3.63) is 22.6 Å². The molecule has 0 aliphatic carbocycles. The smallest absolute Gasteiger partial charge is 0.451 e. The Kier molecular flexibility index (Phi) is 5.38. The van der Waals surface area contributed by atoms with Crippen molar-refractivity contribution in [3.63, 3.8) is 0 Å². The van der Waals surface area contributed by atoms with Gasteiger partial charge in [0, 0.05) is 24.9 Å². The molecule has 0 N–H and O–H groups in total. The van der Waals surface area contributed by atoms with Gasteiger partial charge in [-0.05, 0) is 12.5 Å². The van der Waals surface area contributed by atoms with Crippen molar-refractivity contribution < 1.29 is 22.7 Å². The van der Waals surface area contributed by atoms with Crippen molar-refractivity contribution in [1.29, 1.82) is 0 Å². The Morgan fingerprint density at radius 1 is 1.24 bits per heavy atom. The minimum Gasteiger partial charge on any atom is -0.456 e. The van der Waals surface area contributed by atoms with Gasteiger partial charge in [0.25, 0.3) is 0 Å². The maximum atomic E-state index is 13.2. The highest BCUT2D eigenvalue weighted by Crippen LogP contribution is 2.36. The summed E-state index contributed by atoms with van der Waals surface area (Å²) in [6.07, 6.45) is -2.85. The SMILES string of the molecule is CCCc1cc2c(N3CCn4c(nnc4C(F)(F)F)C3)nc(OC3CN(C(C)=O)C3)nc2s1. The third-order valence-corrected chi connectivity index (χ3v) is 6.86. The molecule has 0 spiro atoms. The van der Waals surface area contributed by atoms with Crippen LogP contribution in [0, 0.1) is 0 Å². The number of likely N-dealkylation sites (tertiary alicyclic amines) is 1. The van der Waals surface area contributed by atoms with E-state index in [-0.39, 0.29) is 36.9 Å². The molecule has 3 aromatic rings. The molecule has 13 heteroatoms. The van der Waals surface area contributed by atoms with E-state index in [9.17, 15) is 18.0 Å². The van der Waals surface area contributed by atoms with Crippen molar-refractivity contribution in [2.75, 3.05) is 24.5 Å². The quantitative estimate of drug-likeness (QED) is 0.554. The van der Waals surface area contributed by atoms with Crippen LogP contribution in [0.2, 0.25) is 0 Å². The number of halogens is 3. The molecule has 5 heterocycles. The number of nitrogens with zero attached hydrogens (tertiary/aromatic N) is 7. The first-order chi connectivity index (χ1) is 15.7. The Morgan fingerprint density at radius 2 is 2.03 bits per heavy atom. The molecule has 0 radical (unpaired) electrons. The van der Waals surface area contributed by atoms with Crippen LogP contribution in [-0.2, 0) is 30.5 Å². The molecule has 0 saturated carbocycles. The lowest BCUT2D eigenvalue weighted by molar-refractivity contribution is -0.147. The summed E-state index contributed by atoms with van der Waals surface area (Å²) < 4.78 is 46.7. The van der Waals surface area contributed by atoms with E-state index in [1.165, 1.54) is 6.92 Å². The topological polar surface area (TPSA) is 89.3 Å². The van der Waals surface area contributed by atoms with E-state index in [0.717, 1.165) is 32.5 Å². The fourth-order valence-corrected chi connectivity index (χ4v) is 5.18. The van der Waals surface area contributed by atoms with Gasteiger partial charge in [0.05, 0.1) is 25.0 Å². The molecule has 0 aromatic carbocycles. The molecule has 5 rings (SSSR count). The fourth-order valence-electron chi connectivity index (χ4n) is 4.07. The Bertz CT molecular complexity index is 1200. The number of aryl methyl sites for hydroxylation is 1. The summed E-state index contributed by atoms with van der Waals surface area (Å²) in [5.41, 5.74) is 0. The van der Waals surface area contributed by atoms with Gasteiger partial charge in [0.1, 0.15) is 16.8 Å². The van der Waals surface area contributed by atoms with Gasteiger partial charge in [-0.2, -0.15) is 23.1 Å². The van der Waals surface area contributed by atoms with Crippen molar-refractivity contribution in [2.24, 2.45) is 0 Å². The van der Waals surface area contributed by atoms with E-state index in [2.05, 4.69) is 27.1 Å². The maximum Gasteiger partial charge on any atom is 0.451 e. The van der Waals surface area contributed by atoms with Gasteiger partial charge in [0.2, 0.25) is 11.7 Å².